The average molecular weight is 317 g/mol. The van der Waals surface area contributed by atoms with E-state index < -0.39 is 0 Å². The van der Waals surface area contributed by atoms with E-state index in [9.17, 15) is 0 Å². The summed E-state index contributed by atoms with van der Waals surface area (Å²) < 4.78 is 5.77. The van der Waals surface area contributed by atoms with Crippen molar-refractivity contribution in [3.05, 3.63) is 64.7 Å². The predicted molar refractivity (Wildman–Crippen MR) is 91.5 cm³/mol. The number of morpholine rings is 1. The third-order valence-electron chi connectivity index (χ3n) is 3.96. The number of rotatable bonds is 4. The van der Waals surface area contributed by atoms with Crippen LogP contribution in [0.3, 0.4) is 0 Å². The Bertz CT molecular complexity index is 591. The smallest absolute Gasteiger partial charge is 0.0949 e. The van der Waals surface area contributed by atoms with E-state index in [1.807, 2.05) is 12.1 Å². The topological polar surface area (TPSA) is 33.3 Å². The largest absolute Gasteiger partial charge is 0.379 e. The van der Waals surface area contributed by atoms with Crippen LogP contribution in [-0.4, -0.2) is 19.7 Å². The van der Waals surface area contributed by atoms with Gasteiger partial charge in [-0.1, -0.05) is 35.9 Å². The van der Waals surface area contributed by atoms with Crippen molar-refractivity contribution in [2.45, 2.75) is 19.1 Å². The fourth-order valence-electron chi connectivity index (χ4n) is 2.66. The minimum atomic E-state index is 0.163. The summed E-state index contributed by atoms with van der Waals surface area (Å²) in [5.74, 6) is 0. The van der Waals surface area contributed by atoms with Crippen molar-refractivity contribution in [1.29, 1.82) is 0 Å². The number of nitrogens with one attached hydrogen (secondary N) is 2. The second kappa shape index (κ2) is 7.14. The maximum absolute atomic E-state index is 5.93. The van der Waals surface area contributed by atoms with Gasteiger partial charge < -0.3 is 15.4 Å². The first-order valence-corrected chi connectivity index (χ1v) is 8.04. The molecule has 22 heavy (non-hydrogen) atoms. The number of ether oxygens (including phenoxy) is 1. The Hall–Kier alpha value is -1.55. The predicted octanol–water partition coefficient (Wildman–Crippen LogP) is 4.17. The monoisotopic (exact) mass is 316 g/mol. The van der Waals surface area contributed by atoms with Gasteiger partial charge in [-0.05, 0) is 42.3 Å². The van der Waals surface area contributed by atoms with Gasteiger partial charge in [0.15, 0.2) is 0 Å². The lowest BCUT2D eigenvalue weighted by atomic mass is 10.1. The Labute approximate surface area is 136 Å². The van der Waals surface area contributed by atoms with Crippen molar-refractivity contribution in [3.8, 4) is 0 Å². The molecule has 1 saturated heterocycles. The molecule has 116 valence electrons. The van der Waals surface area contributed by atoms with E-state index in [2.05, 4.69) is 54.0 Å². The third kappa shape index (κ3) is 3.80. The summed E-state index contributed by atoms with van der Waals surface area (Å²) in [6.45, 7) is 4.74. The fourth-order valence-corrected chi connectivity index (χ4v) is 2.78. The second-order valence-electron chi connectivity index (χ2n) is 5.60. The van der Waals surface area contributed by atoms with E-state index in [1.165, 1.54) is 11.1 Å². The molecule has 2 N–H and O–H groups in total. The van der Waals surface area contributed by atoms with E-state index in [1.54, 1.807) is 0 Å². The van der Waals surface area contributed by atoms with Gasteiger partial charge in [0, 0.05) is 29.8 Å². The van der Waals surface area contributed by atoms with Crippen molar-refractivity contribution in [3.63, 3.8) is 0 Å². The Balaban J connectivity index is 1.64. The van der Waals surface area contributed by atoms with Crippen LogP contribution < -0.4 is 10.6 Å². The maximum atomic E-state index is 5.93. The standard InChI is InChI=1S/C18H21ClN2O/c1-13(14-2-6-16(19)7-3-14)21-17-8-4-15(5-9-17)18-12-20-10-11-22-18/h2-9,13,18,20-21H,10-12H2,1H3/t13?,18-/m1/s1. The summed E-state index contributed by atoms with van der Waals surface area (Å²) in [4.78, 5) is 0. The lowest BCUT2D eigenvalue weighted by Crippen LogP contribution is -2.33. The van der Waals surface area contributed by atoms with Crippen LogP contribution in [0.4, 0.5) is 5.69 Å². The molecule has 0 aromatic heterocycles. The highest BCUT2D eigenvalue weighted by atomic mass is 35.5. The number of hydrogen-bond donors (Lipinski definition) is 2. The number of benzene rings is 2. The van der Waals surface area contributed by atoms with Crippen molar-refractivity contribution < 1.29 is 4.74 Å². The first-order chi connectivity index (χ1) is 10.7. The molecule has 0 saturated carbocycles. The molecule has 2 atom stereocenters. The molecular weight excluding hydrogens is 296 g/mol. The van der Waals surface area contributed by atoms with Crippen LogP contribution in [0.1, 0.15) is 30.2 Å². The van der Waals surface area contributed by atoms with Crippen LogP contribution in [0, 0.1) is 0 Å². The van der Waals surface area contributed by atoms with Crippen LogP contribution in [-0.2, 0) is 4.74 Å². The summed E-state index contributed by atoms with van der Waals surface area (Å²) in [5, 5.41) is 7.63. The van der Waals surface area contributed by atoms with E-state index in [0.29, 0.717) is 0 Å². The van der Waals surface area contributed by atoms with Crippen molar-refractivity contribution in [2.75, 3.05) is 25.0 Å². The molecule has 1 heterocycles. The first kappa shape index (κ1) is 15.3. The highest BCUT2D eigenvalue weighted by molar-refractivity contribution is 6.30. The molecule has 0 bridgehead atoms. The summed E-state index contributed by atoms with van der Waals surface area (Å²) >= 11 is 5.93. The zero-order chi connectivity index (χ0) is 15.4. The number of hydrogen-bond acceptors (Lipinski definition) is 3. The molecule has 1 unspecified atom stereocenters. The molecule has 1 aliphatic heterocycles. The lowest BCUT2D eigenvalue weighted by Gasteiger charge is -2.24. The van der Waals surface area contributed by atoms with Crippen LogP contribution >= 0.6 is 11.6 Å². The van der Waals surface area contributed by atoms with Crippen LogP contribution in [0.25, 0.3) is 0 Å². The van der Waals surface area contributed by atoms with Gasteiger partial charge in [0.05, 0.1) is 12.7 Å². The average Bonchev–Trinajstić information content (AvgIpc) is 2.57. The van der Waals surface area contributed by atoms with Gasteiger partial charge in [-0.15, -0.1) is 0 Å². The molecule has 0 radical (unpaired) electrons. The van der Waals surface area contributed by atoms with E-state index in [0.717, 1.165) is 30.4 Å². The van der Waals surface area contributed by atoms with Gasteiger partial charge in [-0.3, -0.25) is 0 Å². The molecule has 0 spiro atoms. The zero-order valence-corrected chi connectivity index (χ0v) is 13.4. The quantitative estimate of drug-likeness (QED) is 0.888. The number of halogens is 1. The highest BCUT2D eigenvalue weighted by Gasteiger charge is 2.15. The molecule has 3 rings (SSSR count). The molecule has 0 aliphatic carbocycles. The van der Waals surface area contributed by atoms with Gasteiger partial charge in [0.1, 0.15) is 0 Å². The maximum Gasteiger partial charge on any atom is 0.0949 e. The van der Waals surface area contributed by atoms with Crippen LogP contribution in [0.15, 0.2) is 48.5 Å². The van der Waals surface area contributed by atoms with Crippen LogP contribution in [0.2, 0.25) is 5.02 Å². The number of anilines is 1. The van der Waals surface area contributed by atoms with Crippen LogP contribution in [0.5, 0.6) is 0 Å². The molecule has 3 nitrogen and oxygen atoms in total. The highest BCUT2D eigenvalue weighted by Crippen LogP contribution is 2.24. The molecule has 4 heteroatoms. The van der Waals surface area contributed by atoms with Crippen molar-refractivity contribution >= 4 is 17.3 Å². The Morgan fingerprint density at radius 1 is 1.14 bits per heavy atom. The molecule has 1 fully saturated rings. The summed E-state index contributed by atoms with van der Waals surface area (Å²) in [5.41, 5.74) is 3.54. The fraction of sp³-hybridized carbons (Fsp3) is 0.333. The van der Waals surface area contributed by atoms with E-state index in [4.69, 9.17) is 16.3 Å². The molecule has 2 aromatic rings. The summed E-state index contributed by atoms with van der Waals surface area (Å²) in [7, 11) is 0. The molecule has 1 aliphatic rings. The van der Waals surface area contributed by atoms with Crippen molar-refractivity contribution in [1.82, 2.24) is 5.32 Å². The van der Waals surface area contributed by atoms with Gasteiger partial charge in [0.25, 0.3) is 0 Å². The second-order valence-corrected chi connectivity index (χ2v) is 6.04. The lowest BCUT2D eigenvalue weighted by molar-refractivity contribution is 0.0277. The van der Waals surface area contributed by atoms with E-state index >= 15 is 0 Å². The molecular formula is C18H21ClN2O. The van der Waals surface area contributed by atoms with Crippen molar-refractivity contribution in [2.24, 2.45) is 0 Å². The van der Waals surface area contributed by atoms with Gasteiger partial charge >= 0.3 is 0 Å². The minimum absolute atomic E-state index is 0.163. The van der Waals surface area contributed by atoms with E-state index in [-0.39, 0.29) is 12.1 Å². The molecule has 0 amide bonds. The normalized spacial score (nSPS) is 19.6. The summed E-state index contributed by atoms with van der Waals surface area (Å²) in [6.07, 6.45) is 0.163. The van der Waals surface area contributed by atoms with Gasteiger partial charge in [-0.2, -0.15) is 0 Å². The Morgan fingerprint density at radius 3 is 2.50 bits per heavy atom. The Morgan fingerprint density at radius 2 is 1.86 bits per heavy atom. The SMILES string of the molecule is CC(Nc1ccc([C@H]2CNCCO2)cc1)c1ccc(Cl)cc1. The van der Waals surface area contributed by atoms with Gasteiger partial charge in [0.2, 0.25) is 0 Å². The molecule has 2 aromatic carbocycles. The zero-order valence-electron chi connectivity index (χ0n) is 12.7. The third-order valence-corrected chi connectivity index (χ3v) is 4.22. The first-order valence-electron chi connectivity index (χ1n) is 7.66. The Kier molecular flexibility index (Phi) is 4.98. The summed E-state index contributed by atoms with van der Waals surface area (Å²) in [6, 6.07) is 16.7. The minimum Gasteiger partial charge on any atom is -0.379 e. The van der Waals surface area contributed by atoms with Gasteiger partial charge in [-0.25, -0.2) is 0 Å².